The summed E-state index contributed by atoms with van der Waals surface area (Å²) in [5.41, 5.74) is 1.99. The zero-order valence-corrected chi connectivity index (χ0v) is 20.6. The van der Waals surface area contributed by atoms with E-state index in [4.69, 9.17) is 9.40 Å². The van der Waals surface area contributed by atoms with Crippen molar-refractivity contribution in [2.24, 2.45) is 0 Å². The molecule has 4 heterocycles. The first-order valence-electron chi connectivity index (χ1n) is 11.4. The van der Waals surface area contributed by atoms with Crippen LogP contribution < -0.4 is 10.2 Å². The lowest BCUT2D eigenvalue weighted by Crippen LogP contribution is -2.55. The fourth-order valence-corrected chi connectivity index (χ4v) is 5.49. The van der Waals surface area contributed by atoms with Crippen LogP contribution in [-0.4, -0.2) is 79.1 Å². The molecule has 7 nitrogen and oxygen atoms in total. The van der Waals surface area contributed by atoms with Crippen molar-refractivity contribution in [3.05, 3.63) is 23.8 Å². The maximum absolute atomic E-state index is 13.2. The van der Waals surface area contributed by atoms with Gasteiger partial charge in [0, 0.05) is 37.8 Å². The highest BCUT2D eigenvalue weighted by atomic mass is 35.5. The Labute approximate surface area is 202 Å². The van der Waals surface area contributed by atoms with Crippen molar-refractivity contribution >= 4 is 47.8 Å². The van der Waals surface area contributed by atoms with Crippen molar-refractivity contribution in [2.45, 2.75) is 56.7 Å². The molecule has 0 aliphatic carbocycles. The van der Waals surface area contributed by atoms with Crippen molar-refractivity contribution in [2.75, 3.05) is 45.2 Å². The Bertz CT molecular complexity index is 909. The number of hydrogen-bond donors (Lipinski definition) is 1. The molecule has 3 aliphatic heterocycles. The van der Waals surface area contributed by atoms with E-state index in [0.29, 0.717) is 34.8 Å². The number of benzene rings is 1. The minimum Gasteiger partial charge on any atom is -0.423 e. The molecule has 1 aromatic heterocycles. The number of carbonyl (C=O) groups excluding carboxylic acids is 1. The van der Waals surface area contributed by atoms with Gasteiger partial charge in [-0.3, -0.25) is 4.79 Å². The first kappa shape index (κ1) is 25.1. The molecule has 2 aromatic rings. The molecule has 1 amide bonds. The van der Waals surface area contributed by atoms with Crippen LogP contribution in [0, 0.1) is 0 Å². The molecule has 0 spiro atoms. The third-order valence-corrected chi connectivity index (χ3v) is 7.32. The van der Waals surface area contributed by atoms with Crippen LogP contribution in [0.2, 0.25) is 0 Å². The van der Waals surface area contributed by atoms with E-state index in [2.05, 4.69) is 34.1 Å². The lowest BCUT2D eigenvalue weighted by molar-refractivity contribution is 0.0463. The second kappa shape index (κ2) is 10.6. The van der Waals surface area contributed by atoms with Gasteiger partial charge in [-0.25, -0.2) is 0 Å². The predicted molar refractivity (Wildman–Crippen MR) is 133 cm³/mol. The standard InChI is InChI=1S/C23H33N5O2.2ClH/c1-26-10-5-11-28(13-12-26)23-25-21-19(8-4-9-20(21)30-23)22(29)24-16-14-17-6-3-7-18(15-16)27(17)2;;/h4,8-9,16-18H,3,5-7,10-15H2,1-2H3,(H,24,29);2*1H. The Balaban J connectivity index is 0.00000144. The number of para-hydroxylation sites is 1. The fraction of sp³-hybridized carbons (Fsp3) is 0.652. The molecule has 3 saturated heterocycles. The summed E-state index contributed by atoms with van der Waals surface area (Å²) >= 11 is 0. The minimum atomic E-state index is -0.0244. The van der Waals surface area contributed by atoms with Crippen molar-refractivity contribution in [1.82, 2.24) is 20.1 Å². The van der Waals surface area contributed by atoms with Gasteiger partial charge in [0.05, 0.1) is 5.56 Å². The summed E-state index contributed by atoms with van der Waals surface area (Å²) in [5, 5.41) is 3.31. The number of nitrogens with one attached hydrogen (secondary N) is 1. The van der Waals surface area contributed by atoms with Crippen molar-refractivity contribution < 1.29 is 9.21 Å². The average Bonchev–Trinajstić information content (AvgIpc) is 3.03. The van der Waals surface area contributed by atoms with E-state index in [1.165, 1.54) is 19.3 Å². The van der Waals surface area contributed by atoms with E-state index in [1.807, 2.05) is 18.2 Å². The molecule has 0 radical (unpaired) electrons. The normalized spacial score (nSPS) is 26.7. The van der Waals surface area contributed by atoms with Gasteiger partial charge in [0.2, 0.25) is 0 Å². The fourth-order valence-electron chi connectivity index (χ4n) is 5.49. The second-order valence-electron chi connectivity index (χ2n) is 9.34. The second-order valence-corrected chi connectivity index (χ2v) is 9.34. The van der Waals surface area contributed by atoms with E-state index in [1.54, 1.807) is 0 Å². The molecular weight excluding hydrogens is 449 g/mol. The highest BCUT2D eigenvalue weighted by Crippen LogP contribution is 2.33. The molecule has 32 heavy (non-hydrogen) atoms. The number of oxazole rings is 1. The lowest BCUT2D eigenvalue weighted by Gasteiger charge is -2.47. The van der Waals surface area contributed by atoms with Crippen LogP contribution in [0.3, 0.4) is 0 Å². The Kier molecular flexibility index (Phi) is 8.31. The smallest absolute Gasteiger partial charge is 0.298 e. The Morgan fingerprint density at radius 1 is 1.03 bits per heavy atom. The maximum Gasteiger partial charge on any atom is 0.298 e. The van der Waals surface area contributed by atoms with Gasteiger partial charge in [0.15, 0.2) is 5.58 Å². The highest BCUT2D eigenvalue weighted by Gasteiger charge is 2.36. The third-order valence-electron chi connectivity index (χ3n) is 7.32. The molecular formula is C23H35Cl2N5O2. The quantitative estimate of drug-likeness (QED) is 0.719. The number of likely N-dealkylation sites (N-methyl/N-ethyl adjacent to an activating group) is 1. The average molecular weight is 484 g/mol. The Morgan fingerprint density at radius 3 is 2.53 bits per heavy atom. The number of fused-ring (bicyclic) bond motifs is 3. The molecule has 2 bridgehead atoms. The van der Waals surface area contributed by atoms with E-state index in [-0.39, 0.29) is 36.8 Å². The Morgan fingerprint density at radius 2 is 1.78 bits per heavy atom. The minimum absolute atomic E-state index is 0. The number of hydrogen-bond acceptors (Lipinski definition) is 6. The summed E-state index contributed by atoms with van der Waals surface area (Å²) in [6.45, 7) is 3.90. The molecule has 2 unspecified atom stereocenters. The van der Waals surface area contributed by atoms with Crippen molar-refractivity contribution in [3.63, 3.8) is 0 Å². The SMILES string of the molecule is CN1CCCN(c2nc3c(C(=O)NC4CC5CCCC(C4)N5C)cccc3o2)CC1.Cl.Cl. The van der Waals surface area contributed by atoms with Gasteiger partial charge in [-0.05, 0) is 64.9 Å². The molecule has 1 aromatic carbocycles. The van der Waals surface area contributed by atoms with E-state index < -0.39 is 0 Å². The first-order chi connectivity index (χ1) is 14.6. The summed E-state index contributed by atoms with van der Waals surface area (Å²) in [5.74, 6) is -0.0244. The number of aromatic nitrogens is 1. The molecule has 2 atom stereocenters. The molecule has 0 saturated carbocycles. The molecule has 5 rings (SSSR count). The van der Waals surface area contributed by atoms with E-state index in [9.17, 15) is 4.79 Å². The molecule has 1 N–H and O–H groups in total. The van der Waals surface area contributed by atoms with E-state index in [0.717, 1.165) is 45.4 Å². The number of carbonyl (C=O) groups is 1. The lowest BCUT2D eigenvalue weighted by atomic mass is 9.82. The van der Waals surface area contributed by atoms with Gasteiger partial charge in [-0.1, -0.05) is 12.5 Å². The first-order valence-corrected chi connectivity index (χ1v) is 11.4. The summed E-state index contributed by atoms with van der Waals surface area (Å²) in [6, 6.07) is 7.74. The van der Waals surface area contributed by atoms with Crippen LogP contribution in [0.5, 0.6) is 0 Å². The maximum atomic E-state index is 13.2. The van der Waals surface area contributed by atoms with E-state index >= 15 is 0 Å². The summed E-state index contributed by atoms with van der Waals surface area (Å²) in [4.78, 5) is 25.0. The molecule has 178 valence electrons. The van der Waals surface area contributed by atoms with Crippen molar-refractivity contribution in [3.8, 4) is 0 Å². The summed E-state index contributed by atoms with van der Waals surface area (Å²) in [7, 11) is 4.39. The predicted octanol–water partition coefficient (Wildman–Crippen LogP) is 3.56. The summed E-state index contributed by atoms with van der Waals surface area (Å²) < 4.78 is 6.06. The van der Waals surface area contributed by atoms with Gasteiger partial charge in [-0.2, -0.15) is 4.98 Å². The molecule has 3 aliphatic rings. The van der Waals surface area contributed by atoms with Crippen LogP contribution in [0.25, 0.3) is 11.1 Å². The van der Waals surface area contributed by atoms with Crippen LogP contribution >= 0.6 is 24.8 Å². The van der Waals surface area contributed by atoms with Crippen LogP contribution in [-0.2, 0) is 0 Å². The Hall–Kier alpha value is -1.54. The highest BCUT2D eigenvalue weighted by molar-refractivity contribution is 6.04. The number of piperidine rings is 2. The molecule has 9 heteroatoms. The topological polar surface area (TPSA) is 64.8 Å². The molecule has 3 fully saturated rings. The van der Waals surface area contributed by atoms with Gasteiger partial charge in [-0.15, -0.1) is 24.8 Å². The number of halogens is 2. The number of anilines is 1. The van der Waals surface area contributed by atoms with Gasteiger partial charge >= 0.3 is 0 Å². The van der Waals surface area contributed by atoms with Gasteiger partial charge < -0.3 is 24.4 Å². The number of amides is 1. The van der Waals surface area contributed by atoms with Gasteiger partial charge in [0.25, 0.3) is 11.9 Å². The largest absolute Gasteiger partial charge is 0.423 e. The van der Waals surface area contributed by atoms with Crippen LogP contribution in [0.4, 0.5) is 6.01 Å². The van der Waals surface area contributed by atoms with Crippen molar-refractivity contribution in [1.29, 1.82) is 0 Å². The van der Waals surface area contributed by atoms with Gasteiger partial charge in [0.1, 0.15) is 5.52 Å². The van der Waals surface area contributed by atoms with Crippen LogP contribution in [0.1, 0.15) is 48.9 Å². The summed E-state index contributed by atoms with van der Waals surface area (Å²) in [6.07, 6.45) is 6.97. The third kappa shape index (κ3) is 5.01. The monoisotopic (exact) mass is 483 g/mol. The zero-order chi connectivity index (χ0) is 20.7. The number of rotatable bonds is 3. The zero-order valence-electron chi connectivity index (χ0n) is 19.0. The van der Waals surface area contributed by atoms with Crippen LogP contribution in [0.15, 0.2) is 22.6 Å². The number of nitrogens with zero attached hydrogens (tertiary/aromatic N) is 4.